The van der Waals surface area contributed by atoms with Gasteiger partial charge >= 0.3 is 0 Å². The van der Waals surface area contributed by atoms with Gasteiger partial charge in [-0.15, -0.1) is 0 Å². The quantitative estimate of drug-likeness (QED) is 0.143. The Kier molecular flexibility index (Phi) is 14.9. The molecule has 0 saturated heterocycles. The zero-order valence-electron chi connectivity index (χ0n) is 22.7. The molecule has 2 aromatic rings. The van der Waals surface area contributed by atoms with Crippen LogP contribution in [0.3, 0.4) is 0 Å². The van der Waals surface area contributed by atoms with Gasteiger partial charge in [-0.3, -0.25) is 4.79 Å². The predicted molar refractivity (Wildman–Crippen MR) is 171 cm³/mol. The number of likely N-dealkylation sites (N-methyl/N-ethyl adjacent to an activating group) is 1. The fourth-order valence-electron chi connectivity index (χ4n) is 3.52. The van der Waals surface area contributed by atoms with E-state index in [1.54, 1.807) is 11.0 Å². The number of hydrogen-bond acceptors (Lipinski definition) is 5. The van der Waals surface area contributed by atoms with Crippen molar-refractivity contribution in [2.75, 3.05) is 68.1 Å². The summed E-state index contributed by atoms with van der Waals surface area (Å²) in [6, 6.07) is 8.02. The Morgan fingerprint density at radius 2 is 1.18 bits per heavy atom. The summed E-state index contributed by atoms with van der Waals surface area (Å²) in [5, 5.41) is 0. The number of ether oxygens (including phenoxy) is 2. The van der Waals surface area contributed by atoms with E-state index in [0.717, 1.165) is 72.9 Å². The summed E-state index contributed by atoms with van der Waals surface area (Å²) in [7, 11) is 10.0. The van der Waals surface area contributed by atoms with Gasteiger partial charge in [0.05, 0.1) is 31.1 Å². The van der Waals surface area contributed by atoms with Gasteiger partial charge in [0, 0.05) is 32.8 Å². The lowest BCUT2D eigenvalue weighted by molar-refractivity contribution is -0.124. The molecule has 2 rings (SSSR count). The van der Waals surface area contributed by atoms with Crippen molar-refractivity contribution >= 4 is 75.7 Å². The smallest absolute Gasteiger partial charge is 0.246 e. The first-order valence-electron chi connectivity index (χ1n) is 12.4. The summed E-state index contributed by atoms with van der Waals surface area (Å²) < 4.78 is 15.4. The van der Waals surface area contributed by atoms with Gasteiger partial charge in [0.25, 0.3) is 0 Å². The normalized spacial score (nSPS) is 11.6. The highest BCUT2D eigenvalue weighted by atomic mass is 79.9. The van der Waals surface area contributed by atoms with Gasteiger partial charge in [0.1, 0.15) is 11.5 Å². The van der Waals surface area contributed by atoms with Crippen molar-refractivity contribution in [3.8, 4) is 11.5 Å². The molecule has 0 aliphatic carbocycles. The molecule has 0 aromatic heterocycles. The Hall–Kier alpha value is -0.910. The van der Waals surface area contributed by atoms with Crippen LogP contribution in [0.4, 0.5) is 0 Å². The third kappa shape index (κ3) is 11.7. The molecule has 0 N–H and O–H groups in total. The summed E-state index contributed by atoms with van der Waals surface area (Å²) in [4.78, 5) is 18.7. The molecule has 1 amide bonds. The van der Waals surface area contributed by atoms with E-state index in [2.05, 4.69) is 99.7 Å². The van der Waals surface area contributed by atoms with E-state index >= 15 is 0 Å². The van der Waals surface area contributed by atoms with E-state index in [-0.39, 0.29) is 5.91 Å². The summed E-state index contributed by atoms with van der Waals surface area (Å²) in [5.74, 6) is 1.52. The zero-order chi connectivity index (χ0) is 28.2. The zero-order valence-corrected chi connectivity index (χ0v) is 29.0. The number of rotatable bonds is 15. The lowest BCUT2D eigenvalue weighted by Crippen LogP contribution is -2.27. The average Bonchev–Trinajstić information content (AvgIpc) is 2.83. The minimum Gasteiger partial charge on any atom is -0.491 e. The van der Waals surface area contributed by atoms with Crippen molar-refractivity contribution in [1.29, 1.82) is 0 Å². The van der Waals surface area contributed by atoms with E-state index in [1.165, 1.54) is 0 Å². The molecular formula is C28H37Br4N3O3. The number of amides is 1. The monoisotopic (exact) mass is 779 g/mol. The van der Waals surface area contributed by atoms with Gasteiger partial charge < -0.3 is 24.2 Å². The maximum absolute atomic E-state index is 12.7. The summed E-state index contributed by atoms with van der Waals surface area (Å²) in [5.41, 5.74) is 2.02. The van der Waals surface area contributed by atoms with Gasteiger partial charge in [-0.25, -0.2) is 0 Å². The van der Waals surface area contributed by atoms with Crippen LogP contribution in [0.2, 0.25) is 0 Å². The highest BCUT2D eigenvalue weighted by Gasteiger charge is 2.12. The van der Waals surface area contributed by atoms with E-state index in [4.69, 9.17) is 9.47 Å². The molecule has 2 aromatic carbocycles. The van der Waals surface area contributed by atoms with Crippen LogP contribution in [0.5, 0.6) is 11.5 Å². The first kappa shape index (κ1) is 33.3. The molecule has 0 unspecified atom stereocenters. The van der Waals surface area contributed by atoms with Crippen LogP contribution in [0.25, 0.3) is 6.08 Å². The molecule has 0 atom stereocenters. The van der Waals surface area contributed by atoms with Crippen LogP contribution in [0.1, 0.15) is 24.0 Å². The molecule has 38 heavy (non-hydrogen) atoms. The van der Waals surface area contributed by atoms with Crippen LogP contribution in [0, 0.1) is 0 Å². The van der Waals surface area contributed by atoms with E-state index < -0.39 is 0 Å². The summed E-state index contributed by atoms with van der Waals surface area (Å²) in [6.45, 7) is 3.83. The van der Waals surface area contributed by atoms with Crippen molar-refractivity contribution in [2.24, 2.45) is 0 Å². The van der Waals surface area contributed by atoms with Crippen molar-refractivity contribution < 1.29 is 14.3 Å². The Bertz CT molecular complexity index is 1050. The number of hydrogen-bond donors (Lipinski definition) is 0. The maximum Gasteiger partial charge on any atom is 0.246 e. The summed E-state index contributed by atoms with van der Waals surface area (Å²) in [6.07, 6.45) is 6.04. The fourth-order valence-corrected chi connectivity index (χ4v) is 6.48. The molecular weight excluding hydrogens is 746 g/mol. The number of halogens is 4. The van der Waals surface area contributed by atoms with E-state index in [0.29, 0.717) is 19.8 Å². The number of carbonyl (C=O) groups excluding carboxylic acids is 1. The Labute approximate surface area is 261 Å². The van der Waals surface area contributed by atoms with Crippen LogP contribution in [-0.2, 0) is 11.2 Å². The van der Waals surface area contributed by atoms with Crippen molar-refractivity contribution in [2.45, 2.75) is 19.3 Å². The van der Waals surface area contributed by atoms with Crippen LogP contribution in [-0.4, -0.2) is 88.7 Å². The van der Waals surface area contributed by atoms with Gasteiger partial charge in [-0.2, -0.15) is 0 Å². The van der Waals surface area contributed by atoms with E-state index in [1.807, 2.05) is 39.4 Å². The molecule has 0 spiro atoms. The minimum absolute atomic E-state index is 0.0553. The Morgan fingerprint density at radius 1 is 0.737 bits per heavy atom. The second kappa shape index (κ2) is 17.0. The molecule has 6 nitrogen and oxygen atoms in total. The first-order chi connectivity index (χ1) is 18.0. The van der Waals surface area contributed by atoms with Gasteiger partial charge in [-0.1, -0.05) is 0 Å². The first-order valence-corrected chi connectivity index (χ1v) is 15.6. The molecule has 0 aliphatic heterocycles. The van der Waals surface area contributed by atoms with Crippen LogP contribution in [0.15, 0.2) is 48.2 Å². The topological polar surface area (TPSA) is 45.3 Å². The average molecular weight is 783 g/mol. The van der Waals surface area contributed by atoms with Crippen molar-refractivity contribution in [1.82, 2.24) is 14.7 Å². The number of carbonyl (C=O) groups is 1. The number of benzene rings is 2. The third-order valence-corrected chi connectivity index (χ3v) is 7.96. The molecule has 210 valence electrons. The highest BCUT2D eigenvalue weighted by molar-refractivity contribution is 9.11. The molecule has 0 fully saturated rings. The minimum atomic E-state index is -0.0553. The van der Waals surface area contributed by atoms with Gasteiger partial charge in [0.2, 0.25) is 5.91 Å². The van der Waals surface area contributed by atoms with Crippen molar-refractivity contribution in [3.05, 3.63) is 59.4 Å². The Morgan fingerprint density at radius 3 is 1.63 bits per heavy atom. The SMILES string of the molecule is CN(C)CCCOc1c(Br)cc(/C=C/C(=O)N(C)CCc2cc(Br)c(OCCCN(C)C)c(Br)c2)cc1Br. The Balaban J connectivity index is 1.90. The predicted octanol–water partition coefficient (Wildman–Crippen LogP) is 7.11. The second-order valence-electron chi connectivity index (χ2n) is 9.56. The fraction of sp³-hybridized carbons (Fsp3) is 0.464. The molecule has 0 heterocycles. The van der Waals surface area contributed by atoms with Crippen molar-refractivity contribution in [3.63, 3.8) is 0 Å². The lowest BCUT2D eigenvalue weighted by atomic mass is 10.1. The summed E-state index contributed by atoms with van der Waals surface area (Å²) >= 11 is 14.4. The molecule has 0 radical (unpaired) electrons. The molecule has 0 bridgehead atoms. The van der Waals surface area contributed by atoms with E-state index in [9.17, 15) is 4.79 Å². The lowest BCUT2D eigenvalue weighted by Gasteiger charge is -2.17. The highest BCUT2D eigenvalue weighted by Crippen LogP contribution is 2.36. The third-order valence-electron chi connectivity index (χ3n) is 5.60. The molecule has 10 heteroatoms. The number of nitrogens with zero attached hydrogens (tertiary/aromatic N) is 3. The van der Waals surface area contributed by atoms with Crippen LogP contribution < -0.4 is 9.47 Å². The largest absolute Gasteiger partial charge is 0.491 e. The molecule has 0 aliphatic rings. The van der Waals surface area contributed by atoms with Crippen LogP contribution >= 0.6 is 63.7 Å². The van der Waals surface area contributed by atoms with Gasteiger partial charge in [-0.05, 0) is 153 Å². The van der Waals surface area contributed by atoms with Gasteiger partial charge in [0.15, 0.2) is 0 Å². The second-order valence-corrected chi connectivity index (χ2v) is 13.0. The standard InChI is InChI=1S/C28H37Br4N3O3/c1-33(2)11-6-14-37-27-22(29)16-20(17-23(27)30)8-9-26(36)35(5)13-10-21-18-24(31)28(25(32)19-21)38-15-7-12-34(3)4/h8-9,16-19H,6-7,10-15H2,1-5H3/b9-8+. The molecule has 0 saturated carbocycles. The maximum atomic E-state index is 12.7.